The van der Waals surface area contributed by atoms with Gasteiger partial charge in [0, 0.05) is 6.07 Å². The molecule has 0 spiro atoms. The van der Waals surface area contributed by atoms with Gasteiger partial charge in [0.2, 0.25) is 0 Å². The zero-order valence-corrected chi connectivity index (χ0v) is 12.6. The summed E-state index contributed by atoms with van der Waals surface area (Å²) in [5, 5.41) is 12.7. The largest absolute Gasteiger partial charge is 0.497 e. The number of carbonyl (C=O) groups is 1. The van der Waals surface area contributed by atoms with Crippen LogP contribution in [0.2, 0.25) is 0 Å². The molecule has 0 bridgehead atoms. The Bertz CT molecular complexity index is 921. The van der Waals surface area contributed by atoms with Crippen LogP contribution in [0.15, 0.2) is 40.0 Å². The molecule has 0 fully saturated rings. The van der Waals surface area contributed by atoms with Gasteiger partial charge in [-0.15, -0.1) is 9.19 Å². The number of nitrogens with one attached hydrogen (secondary N) is 1. The number of hydrazine groups is 1. The second kappa shape index (κ2) is 6.06. The molecule has 1 aromatic carbocycles. The summed E-state index contributed by atoms with van der Waals surface area (Å²) in [6.45, 7) is 0. The maximum atomic E-state index is 12.6. The van der Waals surface area contributed by atoms with Gasteiger partial charge in [-0.3, -0.25) is 4.79 Å². The van der Waals surface area contributed by atoms with Crippen molar-refractivity contribution < 1.29 is 23.1 Å². The van der Waals surface area contributed by atoms with Crippen molar-refractivity contribution in [2.24, 2.45) is 5.84 Å². The second-order valence-electron chi connectivity index (χ2n) is 4.22. The smallest absolute Gasteiger partial charge is 0.337 e. The number of aromatic nitrogens is 2. The summed E-state index contributed by atoms with van der Waals surface area (Å²) < 4.78 is 30.2. The second-order valence-corrected chi connectivity index (χ2v) is 5.95. The predicted octanol–water partition coefficient (Wildman–Crippen LogP) is -0.527. The first-order valence-electron chi connectivity index (χ1n) is 6.05. The molecule has 0 saturated carbocycles. The number of ether oxygens (including phenoxy) is 1. The van der Waals surface area contributed by atoms with E-state index < -0.39 is 32.0 Å². The molecule has 4 N–H and O–H groups in total. The Hall–Kier alpha value is -2.92. The quantitative estimate of drug-likeness (QED) is 0.481. The number of aromatic carboxylic acids is 1. The van der Waals surface area contributed by atoms with Crippen LogP contribution in [0.1, 0.15) is 10.4 Å². The first kappa shape index (κ1) is 16.5. The molecule has 10 nitrogen and oxygen atoms in total. The number of benzene rings is 1. The van der Waals surface area contributed by atoms with Crippen molar-refractivity contribution in [1.29, 1.82) is 0 Å². The number of rotatable bonds is 5. The monoisotopic (exact) mass is 340 g/mol. The average molecular weight is 340 g/mol. The van der Waals surface area contributed by atoms with E-state index in [1.807, 2.05) is 0 Å². The Kier molecular flexibility index (Phi) is 4.33. The first-order valence-corrected chi connectivity index (χ1v) is 7.49. The van der Waals surface area contributed by atoms with Gasteiger partial charge in [0.1, 0.15) is 10.6 Å². The van der Waals surface area contributed by atoms with E-state index in [1.165, 1.54) is 19.2 Å². The lowest BCUT2D eigenvalue weighted by atomic mass is 10.2. The minimum absolute atomic E-state index is 0.0847. The van der Waals surface area contributed by atoms with Crippen LogP contribution in [-0.4, -0.2) is 35.8 Å². The van der Waals surface area contributed by atoms with E-state index in [9.17, 15) is 23.1 Å². The van der Waals surface area contributed by atoms with E-state index in [0.29, 0.717) is 0 Å². The van der Waals surface area contributed by atoms with Crippen molar-refractivity contribution in [2.75, 3.05) is 12.5 Å². The number of nitrogen functional groups attached to an aromatic ring is 1. The summed E-state index contributed by atoms with van der Waals surface area (Å²) in [5.41, 5.74) is 0.589. The van der Waals surface area contributed by atoms with Gasteiger partial charge < -0.3 is 15.3 Å². The number of anilines is 1. The molecule has 11 heteroatoms. The molecule has 0 aliphatic heterocycles. The Morgan fingerprint density at radius 3 is 2.61 bits per heavy atom. The molecule has 0 amide bonds. The minimum Gasteiger partial charge on any atom is -0.497 e. The molecule has 0 radical (unpaired) electrons. The normalized spacial score (nSPS) is 11.0. The van der Waals surface area contributed by atoms with Crippen LogP contribution in [0.25, 0.3) is 0 Å². The standard InChI is InChI=1S/C12H12N4O6S/c1-22-7-2-3-9(8(6-7)12(18)19)23(20,21)16-11(17)5-4-10(14-13)15-16/h2-6H,13H2,1H3,(H,14,15)(H,18,19). The molecule has 23 heavy (non-hydrogen) atoms. The number of carboxylic acid groups (broad SMARTS) is 1. The summed E-state index contributed by atoms with van der Waals surface area (Å²) in [6, 6.07) is 5.43. The zero-order valence-electron chi connectivity index (χ0n) is 11.8. The fourth-order valence-corrected chi connectivity index (χ4v) is 3.11. The van der Waals surface area contributed by atoms with Crippen LogP contribution in [0.3, 0.4) is 0 Å². The number of hydrogen-bond donors (Lipinski definition) is 3. The lowest BCUT2D eigenvalue weighted by Gasteiger charge is -2.11. The van der Waals surface area contributed by atoms with Gasteiger partial charge in [-0.25, -0.2) is 10.6 Å². The van der Waals surface area contributed by atoms with Gasteiger partial charge in [0.25, 0.3) is 15.6 Å². The van der Waals surface area contributed by atoms with E-state index in [-0.39, 0.29) is 15.7 Å². The number of nitrogens with zero attached hydrogens (tertiary/aromatic N) is 2. The fourth-order valence-electron chi connectivity index (χ4n) is 1.76. The van der Waals surface area contributed by atoms with Crippen LogP contribution >= 0.6 is 0 Å². The molecule has 2 aromatic rings. The number of methoxy groups -OCH3 is 1. The lowest BCUT2D eigenvalue weighted by Crippen LogP contribution is -2.31. The zero-order chi connectivity index (χ0) is 17.2. The molecule has 122 valence electrons. The molecule has 0 atom stereocenters. The van der Waals surface area contributed by atoms with Crippen LogP contribution in [-0.2, 0) is 10.0 Å². The highest BCUT2D eigenvalue weighted by atomic mass is 32.2. The van der Waals surface area contributed by atoms with Crippen LogP contribution < -0.4 is 21.6 Å². The first-order chi connectivity index (χ1) is 10.8. The molecular formula is C12H12N4O6S. The molecule has 1 heterocycles. The molecule has 1 aromatic heterocycles. The van der Waals surface area contributed by atoms with Crippen molar-refractivity contribution in [3.8, 4) is 5.75 Å². The van der Waals surface area contributed by atoms with Crippen molar-refractivity contribution in [1.82, 2.24) is 9.19 Å². The van der Waals surface area contributed by atoms with Crippen LogP contribution in [0.5, 0.6) is 5.75 Å². The van der Waals surface area contributed by atoms with Crippen molar-refractivity contribution in [3.05, 3.63) is 46.2 Å². The fraction of sp³-hybridized carbons (Fsp3) is 0.0833. The van der Waals surface area contributed by atoms with E-state index in [2.05, 4.69) is 10.5 Å². The van der Waals surface area contributed by atoms with Crippen LogP contribution in [0, 0.1) is 0 Å². The molecule has 0 unspecified atom stereocenters. The SMILES string of the molecule is COc1ccc(S(=O)(=O)n2nc(NN)ccc2=O)c(C(=O)O)c1. The number of hydrogen-bond acceptors (Lipinski definition) is 8. The Morgan fingerprint density at radius 1 is 1.35 bits per heavy atom. The van der Waals surface area contributed by atoms with Crippen molar-refractivity contribution in [2.45, 2.75) is 4.90 Å². The topological polar surface area (TPSA) is 154 Å². The summed E-state index contributed by atoms with van der Waals surface area (Å²) in [4.78, 5) is 22.5. The van der Waals surface area contributed by atoms with Gasteiger partial charge in [0.05, 0.1) is 12.7 Å². The van der Waals surface area contributed by atoms with E-state index in [4.69, 9.17) is 10.6 Å². The molecule has 2 rings (SSSR count). The molecule has 0 aliphatic carbocycles. The van der Waals surface area contributed by atoms with Gasteiger partial charge in [-0.05, 0) is 24.3 Å². The van der Waals surface area contributed by atoms with Gasteiger partial charge in [0.15, 0.2) is 5.82 Å². The van der Waals surface area contributed by atoms with Crippen molar-refractivity contribution >= 4 is 21.8 Å². The van der Waals surface area contributed by atoms with E-state index >= 15 is 0 Å². The number of nitrogens with two attached hydrogens (primary N) is 1. The summed E-state index contributed by atoms with van der Waals surface area (Å²) in [5.74, 6) is 3.70. The molecular weight excluding hydrogens is 328 g/mol. The van der Waals surface area contributed by atoms with E-state index in [1.54, 1.807) is 0 Å². The third-order valence-electron chi connectivity index (χ3n) is 2.84. The van der Waals surface area contributed by atoms with Gasteiger partial charge >= 0.3 is 5.97 Å². The maximum Gasteiger partial charge on any atom is 0.337 e. The summed E-state index contributed by atoms with van der Waals surface area (Å²) >= 11 is 0. The predicted molar refractivity (Wildman–Crippen MR) is 78.8 cm³/mol. The van der Waals surface area contributed by atoms with Gasteiger partial charge in [-0.1, -0.05) is 0 Å². The number of carboxylic acids is 1. The average Bonchev–Trinajstić information content (AvgIpc) is 2.54. The third kappa shape index (κ3) is 3.00. The van der Waals surface area contributed by atoms with Crippen molar-refractivity contribution in [3.63, 3.8) is 0 Å². The Labute approximate surface area is 130 Å². The summed E-state index contributed by atoms with van der Waals surface area (Å²) in [7, 11) is -3.24. The highest BCUT2D eigenvalue weighted by Gasteiger charge is 2.27. The van der Waals surface area contributed by atoms with E-state index in [0.717, 1.165) is 18.2 Å². The third-order valence-corrected chi connectivity index (χ3v) is 4.47. The summed E-state index contributed by atoms with van der Waals surface area (Å²) in [6.07, 6.45) is 0. The maximum absolute atomic E-state index is 12.6. The highest BCUT2D eigenvalue weighted by molar-refractivity contribution is 7.89. The van der Waals surface area contributed by atoms with Gasteiger partial charge in [-0.2, -0.15) is 8.42 Å². The lowest BCUT2D eigenvalue weighted by molar-refractivity contribution is 0.0692. The Morgan fingerprint density at radius 2 is 2.04 bits per heavy atom. The minimum atomic E-state index is -4.54. The Balaban J connectivity index is 2.75. The molecule has 0 saturated heterocycles. The molecule has 0 aliphatic rings. The van der Waals surface area contributed by atoms with Crippen LogP contribution in [0.4, 0.5) is 5.82 Å². The highest BCUT2D eigenvalue weighted by Crippen LogP contribution is 2.23.